The van der Waals surface area contributed by atoms with Gasteiger partial charge in [0.15, 0.2) is 0 Å². The van der Waals surface area contributed by atoms with Crippen LogP contribution in [0.15, 0.2) is 64.5 Å². The number of aliphatic imine (C=N–C) groups is 1. The molecule has 0 bridgehead atoms. The predicted octanol–water partition coefficient (Wildman–Crippen LogP) is 4.47. The summed E-state index contributed by atoms with van der Waals surface area (Å²) < 4.78 is 29.8. The first-order valence-corrected chi connectivity index (χ1v) is 12.0. The molecule has 0 unspecified atom stereocenters. The first kappa shape index (κ1) is 22.1. The normalized spacial score (nSPS) is 13.7. The number of benzene rings is 2. The topological polar surface area (TPSA) is 92.6 Å². The van der Waals surface area contributed by atoms with E-state index in [4.69, 9.17) is 11.6 Å². The zero-order chi connectivity index (χ0) is 22.9. The summed E-state index contributed by atoms with van der Waals surface area (Å²) in [5, 5.41) is 3.45. The van der Waals surface area contributed by atoms with Crippen LogP contribution in [0.5, 0.6) is 0 Å². The Kier molecular flexibility index (Phi) is 6.08. The molecule has 0 aliphatic carbocycles. The number of nitrogens with zero attached hydrogens (tertiary/aromatic N) is 2. The number of aryl methyl sites for hydroxylation is 1. The number of halogens is 1. The zero-order valence-electron chi connectivity index (χ0n) is 17.7. The standard InChI is InChI=1S/C23H23ClN4O3S/c1-15-13-21(16(2)28(15)19-10-8-17(24)9-11-19)23(29)26-18-5-3-6-20(14-18)32(30,31)27-22-7-4-12-25-22/h3,5-6,8-11,13-14H,4,7,12H2,1-2H3,(H,25,27)(H,26,29). The van der Waals surface area contributed by atoms with E-state index in [1.807, 2.05) is 30.5 Å². The maximum atomic E-state index is 13.0. The van der Waals surface area contributed by atoms with Gasteiger partial charge in [0.1, 0.15) is 5.84 Å². The molecule has 0 spiro atoms. The Morgan fingerprint density at radius 2 is 1.84 bits per heavy atom. The molecule has 1 aromatic heterocycles. The number of amides is 1. The molecule has 32 heavy (non-hydrogen) atoms. The number of anilines is 1. The Hall–Kier alpha value is -3.10. The van der Waals surface area contributed by atoms with Crippen molar-refractivity contribution in [2.75, 3.05) is 11.9 Å². The molecule has 1 aliphatic rings. The largest absolute Gasteiger partial charge is 0.322 e. The second-order valence-electron chi connectivity index (χ2n) is 7.62. The second-order valence-corrected chi connectivity index (χ2v) is 9.73. The SMILES string of the molecule is Cc1cc(C(=O)Nc2cccc(S(=O)(=O)NC3=NCCC3)c2)c(C)n1-c1ccc(Cl)cc1. The minimum Gasteiger partial charge on any atom is -0.322 e. The van der Waals surface area contributed by atoms with Crippen LogP contribution in [0, 0.1) is 13.8 Å². The molecular formula is C23H23ClN4O3S. The Morgan fingerprint density at radius 1 is 1.09 bits per heavy atom. The first-order chi connectivity index (χ1) is 15.2. The fraction of sp³-hybridized carbons (Fsp3) is 0.217. The van der Waals surface area contributed by atoms with E-state index in [2.05, 4.69) is 15.0 Å². The van der Waals surface area contributed by atoms with Crippen molar-refractivity contribution < 1.29 is 13.2 Å². The molecule has 2 aromatic carbocycles. The van der Waals surface area contributed by atoms with Gasteiger partial charge in [-0.25, -0.2) is 8.42 Å². The van der Waals surface area contributed by atoms with Gasteiger partial charge in [-0.05, 0) is 68.8 Å². The summed E-state index contributed by atoms with van der Waals surface area (Å²) in [6.07, 6.45) is 1.45. The van der Waals surface area contributed by atoms with Gasteiger partial charge in [0, 0.05) is 40.8 Å². The van der Waals surface area contributed by atoms with Crippen molar-refractivity contribution in [3.8, 4) is 5.69 Å². The zero-order valence-corrected chi connectivity index (χ0v) is 19.3. The fourth-order valence-corrected chi connectivity index (χ4v) is 5.02. The quantitative estimate of drug-likeness (QED) is 0.576. The summed E-state index contributed by atoms with van der Waals surface area (Å²) in [5.41, 5.74) is 3.46. The molecule has 0 saturated carbocycles. The number of sulfonamides is 1. The molecule has 0 saturated heterocycles. The molecule has 1 aliphatic heterocycles. The summed E-state index contributed by atoms with van der Waals surface area (Å²) in [6.45, 7) is 4.41. The van der Waals surface area contributed by atoms with E-state index in [0.717, 1.165) is 23.5 Å². The predicted molar refractivity (Wildman–Crippen MR) is 127 cm³/mol. The molecule has 0 atom stereocenters. The molecule has 0 fully saturated rings. The number of nitrogens with one attached hydrogen (secondary N) is 2. The molecule has 7 nitrogen and oxygen atoms in total. The monoisotopic (exact) mass is 470 g/mol. The lowest BCUT2D eigenvalue weighted by atomic mass is 10.2. The maximum absolute atomic E-state index is 13.0. The molecule has 1 amide bonds. The molecule has 2 N–H and O–H groups in total. The van der Waals surface area contributed by atoms with Crippen molar-refractivity contribution >= 4 is 39.1 Å². The number of rotatable bonds is 5. The number of hydrogen-bond acceptors (Lipinski definition) is 4. The number of amidine groups is 1. The maximum Gasteiger partial charge on any atom is 0.262 e. The third kappa shape index (κ3) is 4.56. The van der Waals surface area contributed by atoms with Gasteiger partial charge < -0.3 is 9.88 Å². The van der Waals surface area contributed by atoms with Crippen molar-refractivity contribution in [1.82, 2.24) is 9.29 Å². The van der Waals surface area contributed by atoms with Crippen LogP contribution < -0.4 is 10.0 Å². The Labute approximate surface area is 192 Å². The van der Waals surface area contributed by atoms with Crippen molar-refractivity contribution in [3.63, 3.8) is 0 Å². The van der Waals surface area contributed by atoms with Gasteiger partial charge in [-0.1, -0.05) is 17.7 Å². The van der Waals surface area contributed by atoms with Crippen LogP contribution in [0.4, 0.5) is 5.69 Å². The highest BCUT2D eigenvalue weighted by molar-refractivity contribution is 7.90. The molecule has 9 heteroatoms. The van der Waals surface area contributed by atoms with Gasteiger partial charge in [0.2, 0.25) is 0 Å². The summed E-state index contributed by atoms with van der Waals surface area (Å²) in [5.74, 6) is 0.148. The van der Waals surface area contributed by atoms with Crippen LogP contribution in [0.3, 0.4) is 0 Å². The minimum absolute atomic E-state index is 0.0662. The van der Waals surface area contributed by atoms with E-state index < -0.39 is 10.0 Å². The van der Waals surface area contributed by atoms with Crippen molar-refractivity contribution in [2.45, 2.75) is 31.6 Å². The highest BCUT2D eigenvalue weighted by Gasteiger charge is 2.20. The number of aromatic nitrogens is 1. The molecule has 166 valence electrons. The number of hydrogen-bond donors (Lipinski definition) is 2. The lowest BCUT2D eigenvalue weighted by Gasteiger charge is -2.11. The highest BCUT2D eigenvalue weighted by Crippen LogP contribution is 2.24. The third-order valence-corrected chi connectivity index (χ3v) is 6.92. The molecule has 0 radical (unpaired) electrons. The molecule has 2 heterocycles. The smallest absolute Gasteiger partial charge is 0.262 e. The lowest BCUT2D eigenvalue weighted by molar-refractivity contribution is 0.102. The summed E-state index contributed by atoms with van der Waals surface area (Å²) in [4.78, 5) is 17.2. The van der Waals surface area contributed by atoms with E-state index in [-0.39, 0.29) is 10.8 Å². The van der Waals surface area contributed by atoms with Crippen LogP contribution in [-0.2, 0) is 10.0 Å². The Bertz CT molecular complexity index is 1310. The van der Waals surface area contributed by atoms with E-state index in [1.54, 1.807) is 30.3 Å². The van der Waals surface area contributed by atoms with Gasteiger partial charge >= 0.3 is 0 Å². The van der Waals surface area contributed by atoms with Gasteiger partial charge in [-0.2, -0.15) is 0 Å². The average Bonchev–Trinajstić information content (AvgIpc) is 3.36. The molecule has 4 rings (SSSR count). The fourth-order valence-electron chi connectivity index (χ4n) is 3.76. The van der Waals surface area contributed by atoms with E-state index in [9.17, 15) is 13.2 Å². The van der Waals surface area contributed by atoms with E-state index in [1.165, 1.54) is 12.1 Å². The van der Waals surface area contributed by atoms with Gasteiger partial charge in [-0.15, -0.1) is 0 Å². The number of carbonyl (C=O) groups is 1. The first-order valence-electron chi connectivity index (χ1n) is 10.2. The van der Waals surface area contributed by atoms with Crippen molar-refractivity contribution in [2.24, 2.45) is 4.99 Å². The molecular weight excluding hydrogens is 448 g/mol. The van der Waals surface area contributed by atoms with Crippen LogP contribution in [0.1, 0.15) is 34.6 Å². The van der Waals surface area contributed by atoms with E-state index >= 15 is 0 Å². The lowest BCUT2D eigenvalue weighted by Crippen LogP contribution is -2.29. The summed E-state index contributed by atoms with van der Waals surface area (Å²) >= 11 is 5.99. The Morgan fingerprint density at radius 3 is 2.53 bits per heavy atom. The summed E-state index contributed by atoms with van der Waals surface area (Å²) in [7, 11) is -3.76. The van der Waals surface area contributed by atoms with Gasteiger partial charge in [0.25, 0.3) is 15.9 Å². The number of carbonyl (C=O) groups excluding carboxylic acids is 1. The second kappa shape index (κ2) is 8.80. The minimum atomic E-state index is -3.76. The van der Waals surface area contributed by atoms with Gasteiger partial charge in [-0.3, -0.25) is 14.5 Å². The van der Waals surface area contributed by atoms with Crippen LogP contribution >= 0.6 is 11.6 Å². The molecule has 3 aromatic rings. The highest BCUT2D eigenvalue weighted by atomic mass is 35.5. The Balaban J connectivity index is 1.57. The van der Waals surface area contributed by atoms with Crippen molar-refractivity contribution in [1.29, 1.82) is 0 Å². The van der Waals surface area contributed by atoms with Crippen molar-refractivity contribution in [3.05, 3.63) is 76.6 Å². The summed E-state index contributed by atoms with van der Waals surface area (Å²) in [6, 6.07) is 15.4. The third-order valence-electron chi connectivity index (χ3n) is 5.29. The van der Waals surface area contributed by atoms with Crippen LogP contribution in [0.25, 0.3) is 5.69 Å². The average molecular weight is 471 g/mol. The van der Waals surface area contributed by atoms with Gasteiger partial charge in [0.05, 0.1) is 10.5 Å². The van der Waals surface area contributed by atoms with Crippen LogP contribution in [0.2, 0.25) is 5.02 Å². The van der Waals surface area contributed by atoms with E-state index in [0.29, 0.717) is 35.1 Å². The van der Waals surface area contributed by atoms with Crippen LogP contribution in [-0.4, -0.2) is 31.3 Å².